The molecule has 0 saturated carbocycles. The van der Waals surface area contributed by atoms with Gasteiger partial charge in [-0.05, 0) is 51.7 Å². The first-order valence-corrected chi connectivity index (χ1v) is 6.58. The van der Waals surface area contributed by atoms with Crippen molar-refractivity contribution < 1.29 is 26.9 Å². The smallest absolute Gasteiger partial charge is 0.399 e. The standard InChI is InChI=1S/C14H17BF4O2/c1-8-6-9(11(10(16)7-8)14(17,18)19)15-20-12(2,3)13(4,5)21-15/h6-7H,1-5H3. The van der Waals surface area contributed by atoms with Crippen LogP contribution in [0.1, 0.15) is 38.8 Å². The predicted molar refractivity (Wildman–Crippen MR) is 71.9 cm³/mol. The van der Waals surface area contributed by atoms with Gasteiger partial charge in [-0.15, -0.1) is 0 Å². The third-order valence-corrected chi connectivity index (χ3v) is 4.06. The molecule has 1 saturated heterocycles. The fraction of sp³-hybridized carbons (Fsp3) is 0.571. The number of aryl methyl sites for hydroxylation is 1. The number of benzene rings is 1. The SMILES string of the molecule is Cc1cc(F)c(C(F)(F)F)c(B2OC(C)(C)C(C)(C)O2)c1. The van der Waals surface area contributed by atoms with Gasteiger partial charge in [0, 0.05) is 0 Å². The zero-order valence-corrected chi connectivity index (χ0v) is 12.6. The van der Waals surface area contributed by atoms with Crippen molar-refractivity contribution in [3.8, 4) is 0 Å². The third kappa shape index (κ3) is 2.81. The van der Waals surface area contributed by atoms with Crippen LogP contribution < -0.4 is 5.46 Å². The molecule has 0 aliphatic carbocycles. The van der Waals surface area contributed by atoms with Gasteiger partial charge < -0.3 is 9.31 Å². The highest BCUT2D eigenvalue weighted by atomic mass is 19.4. The van der Waals surface area contributed by atoms with Crippen LogP contribution in [0.3, 0.4) is 0 Å². The first-order valence-electron chi connectivity index (χ1n) is 6.58. The number of hydrogen-bond acceptors (Lipinski definition) is 2. The average Bonchev–Trinajstić information content (AvgIpc) is 2.44. The van der Waals surface area contributed by atoms with Gasteiger partial charge in [0.25, 0.3) is 0 Å². The Labute approximate surface area is 121 Å². The van der Waals surface area contributed by atoms with E-state index in [1.165, 1.54) is 13.0 Å². The van der Waals surface area contributed by atoms with E-state index in [1.807, 2.05) is 0 Å². The molecule has 1 aliphatic heterocycles. The first-order chi connectivity index (χ1) is 9.35. The van der Waals surface area contributed by atoms with Gasteiger partial charge in [0.05, 0.1) is 16.8 Å². The zero-order valence-electron chi connectivity index (χ0n) is 12.6. The predicted octanol–water partition coefficient (Wildman–Crippen LogP) is 3.45. The van der Waals surface area contributed by atoms with Crippen molar-refractivity contribution in [1.82, 2.24) is 0 Å². The molecule has 1 aromatic carbocycles. The molecular weight excluding hydrogens is 287 g/mol. The van der Waals surface area contributed by atoms with Gasteiger partial charge in [-0.25, -0.2) is 4.39 Å². The fourth-order valence-electron chi connectivity index (χ4n) is 2.22. The lowest BCUT2D eigenvalue weighted by Gasteiger charge is -2.32. The number of hydrogen-bond donors (Lipinski definition) is 0. The molecule has 0 unspecified atom stereocenters. The second-order valence-corrected chi connectivity index (χ2v) is 6.30. The fourth-order valence-corrected chi connectivity index (χ4v) is 2.22. The van der Waals surface area contributed by atoms with Crippen LogP contribution in [0.25, 0.3) is 0 Å². The molecule has 0 atom stereocenters. The van der Waals surface area contributed by atoms with Crippen molar-refractivity contribution in [2.24, 2.45) is 0 Å². The molecule has 2 nitrogen and oxygen atoms in total. The largest absolute Gasteiger partial charge is 0.495 e. The summed E-state index contributed by atoms with van der Waals surface area (Å²) >= 11 is 0. The van der Waals surface area contributed by atoms with Crippen LogP contribution in [-0.4, -0.2) is 18.3 Å². The van der Waals surface area contributed by atoms with Crippen LogP contribution in [0.4, 0.5) is 17.6 Å². The van der Waals surface area contributed by atoms with Gasteiger partial charge in [-0.3, -0.25) is 0 Å². The minimum Gasteiger partial charge on any atom is -0.399 e. The summed E-state index contributed by atoms with van der Waals surface area (Å²) in [5.74, 6) is -1.31. The maximum Gasteiger partial charge on any atom is 0.495 e. The summed E-state index contributed by atoms with van der Waals surface area (Å²) in [5, 5.41) is 0. The molecule has 116 valence electrons. The van der Waals surface area contributed by atoms with Crippen molar-refractivity contribution in [3.63, 3.8) is 0 Å². The van der Waals surface area contributed by atoms with Crippen LogP contribution in [0.2, 0.25) is 0 Å². The number of alkyl halides is 3. The quantitative estimate of drug-likeness (QED) is 0.584. The van der Waals surface area contributed by atoms with Gasteiger partial charge in [0.1, 0.15) is 5.82 Å². The van der Waals surface area contributed by atoms with Crippen LogP contribution in [0, 0.1) is 12.7 Å². The van der Waals surface area contributed by atoms with E-state index in [-0.39, 0.29) is 5.46 Å². The third-order valence-electron chi connectivity index (χ3n) is 4.06. The van der Waals surface area contributed by atoms with Gasteiger partial charge >= 0.3 is 13.3 Å². The normalized spacial score (nSPS) is 20.9. The van der Waals surface area contributed by atoms with Crippen LogP contribution in [0.5, 0.6) is 0 Å². The first kappa shape index (κ1) is 16.3. The molecule has 1 heterocycles. The molecule has 1 aliphatic rings. The van der Waals surface area contributed by atoms with E-state index in [1.54, 1.807) is 27.7 Å². The van der Waals surface area contributed by atoms with E-state index < -0.39 is 35.9 Å². The molecular formula is C14H17BF4O2. The number of rotatable bonds is 1. The van der Waals surface area contributed by atoms with E-state index in [0.717, 1.165) is 6.07 Å². The molecule has 1 fully saturated rings. The Balaban J connectivity index is 2.56. The minimum atomic E-state index is -4.81. The lowest BCUT2D eigenvalue weighted by atomic mass is 9.75. The molecule has 0 spiro atoms. The molecule has 0 amide bonds. The van der Waals surface area contributed by atoms with Crippen molar-refractivity contribution in [2.45, 2.75) is 52.0 Å². The summed E-state index contributed by atoms with van der Waals surface area (Å²) in [7, 11) is -1.25. The summed E-state index contributed by atoms with van der Waals surface area (Å²) in [5.41, 5.74) is -2.85. The number of halogens is 4. The van der Waals surface area contributed by atoms with E-state index in [4.69, 9.17) is 9.31 Å². The Morgan fingerprint density at radius 3 is 1.90 bits per heavy atom. The Bertz CT molecular complexity index is 551. The summed E-state index contributed by atoms with van der Waals surface area (Å²) in [6, 6.07) is 2.12. The lowest BCUT2D eigenvalue weighted by Crippen LogP contribution is -2.41. The van der Waals surface area contributed by atoms with Crippen molar-refractivity contribution >= 4 is 12.6 Å². The van der Waals surface area contributed by atoms with Crippen LogP contribution in [-0.2, 0) is 15.5 Å². The second kappa shape index (κ2) is 4.71. The molecule has 0 aromatic heterocycles. The molecule has 0 bridgehead atoms. The van der Waals surface area contributed by atoms with Gasteiger partial charge in [0.2, 0.25) is 0 Å². The van der Waals surface area contributed by atoms with Gasteiger partial charge in [-0.1, -0.05) is 6.07 Å². The van der Waals surface area contributed by atoms with Crippen LogP contribution >= 0.6 is 0 Å². The molecule has 21 heavy (non-hydrogen) atoms. The molecule has 1 aromatic rings. The van der Waals surface area contributed by atoms with Crippen LogP contribution in [0.15, 0.2) is 12.1 Å². The van der Waals surface area contributed by atoms with Crippen molar-refractivity contribution in [3.05, 3.63) is 29.1 Å². The monoisotopic (exact) mass is 304 g/mol. The highest BCUT2D eigenvalue weighted by molar-refractivity contribution is 6.62. The summed E-state index contributed by atoms with van der Waals surface area (Å²) in [6.07, 6.45) is -4.81. The molecule has 2 rings (SSSR count). The Kier molecular flexibility index (Phi) is 3.66. The van der Waals surface area contributed by atoms with E-state index in [0.29, 0.717) is 5.56 Å². The molecule has 0 radical (unpaired) electrons. The minimum absolute atomic E-state index is 0.321. The Morgan fingerprint density at radius 1 is 1.00 bits per heavy atom. The topological polar surface area (TPSA) is 18.5 Å². The molecule has 0 N–H and O–H groups in total. The van der Waals surface area contributed by atoms with Gasteiger partial charge in [-0.2, -0.15) is 13.2 Å². The van der Waals surface area contributed by atoms with E-state index in [2.05, 4.69) is 0 Å². The summed E-state index contributed by atoms with van der Waals surface area (Å²) in [4.78, 5) is 0. The average molecular weight is 304 g/mol. The van der Waals surface area contributed by atoms with E-state index >= 15 is 0 Å². The van der Waals surface area contributed by atoms with E-state index in [9.17, 15) is 17.6 Å². The Morgan fingerprint density at radius 2 is 1.48 bits per heavy atom. The summed E-state index contributed by atoms with van der Waals surface area (Å²) in [6.45, 7) is 8.44. The lowest BCUT2D eigenvalue weighted by molar-refractivity contribution is -0.139. The Hall–Kier alpha value is -1.08. The van der Waals surface area contributed by atoms with Crippen molar-refractivity contribution in [2.75, 3.05) is 0 Å². The highest BCUT2D eigenvalue weighted by Crippen LogP contribution is 2.38. The maximum absolute atomic E-state index is 13.8. The highest BCUT2D eigenvalue weighted by Gasteiger charge is 2.54. The second-order valence-electron chi connectivity index (χ2n) is 6.30. The molecule has 7 heteroatoms. The van der Waals surface area contributed by atoms with Gasteiger partial charge in [0.15, 0.2) is 0 Å². The summed E-state index contributed by atoms with van der Waals surface area (Å²) < 4.78 is 64.4. The zero-order chi connectivity index (χ0) is 16.2. The maximum atomic E-state index is 13.8. The van der Waals surface area contributed by atoms with Crippen molar-refractivity contribution in [1.29, 1.82) is 0 Å².